The Balaban J connectivity index is 2.99. The third-order valence-electron chi connectivity index (χ3n) is 2.17. The molecule has 5 nitrogen and oxygen atoms in total. The van der Waals surface area contributed by atoms with Crippen molar-refractivity contribution in [3.63, 3.8) is 0 Å². The fourth-order valence-electron chi connectivity index (χ4n) is 1.18. The van der Waals surface area contributed by atoms with Crippen molar-refractivity contribution in [2.75, 3.05) is 31.3 Å². The lowest BCUT2D eigenvalue weighted by atomic mass is 9.96. The largest absolute Gasteiger partial charge is 0.393 e. The maximum absolute atomic E-state index is 5.99. The van der Waals surface area contributed by atoms with Crippen LogP contribution in [0.4, 0.5) is 11.5 Å². The van der Waals surface area contributed by atoms with Gasteiger partial charge in [0.15, 0.2) is 11.0 Å². The molecule has 0 aliphatic heterocycles. The zero-order valence-corrected chi connectivity index (χ0v) is 11.4. The molecule has 0 saturated carbocycles. The van der Waals surface area contributed by atoms with E-state index in [0.29, 0.717) is 30.5 Å². The monoisotopic (exact) mass is 258 g/mol. The van der Waals surface area contributed by atoms with Crippen LogP contribution >= 0.6 is 11.6 Å². The van der Waals surface area contributed by atoms with E-state index in [-0.39, 0.29) is 10.6 Å². The molecule has 3 N–H and O–H groups in total. The van der Waals surface area contributed by atoms with Gasteiger partial charge < -0.3 is 15.8 Å². The van der Waals surface area contributed by atoms with Crippen LogP contribution in [0, 0.1) is 0 Å². The summed E-state index contributed by atoms with van der Waals surface area (Å²) in [6.07, 6.45) is 0. The van der Waals surface area contributed by atoms with Gasteiger partial charge in [-0.1, -0.05) is 32.4 Å². The second-order valence-electron chi connectivity index (χ2n) is 4.77. The zero-order valence-electron chi connectivity index (χ0n) is 10.7. The number of nitrogen functional groups attached to an aromatic ring is 1. The topological polar surface area (TPSA) is 73.1 Å². The van der Waals surface area contributed by atoms with E-state index in [2.05, 4.69) is 15.3 Å². The minimum absolute atomic E-state index is 0.172. The first kappa shape index (κ1) is 14.0. The molecule has 6 heteroatoms. The van der Waals surface area contributed by atoms with Gasteiger partial charge in [-0.05, 0) is 0 Å². The van der Waals surface area contributed by atoms with E-state index in [4.69, 9.17) is 22.1 Å². The van der Waals surface area contributed by atoms with Gasteiger partial charge in [0.1, 0.15) is 11.5 Å². The van der Waals surface area contributed by atoms with Gasteiger partial charge in [-0.2, -0.15) is 0 Å². The fourth-order valence-corrected chi connectivity index (χ4v) is 1.35. The van der Waals surface area contributed by atoms with Crippen LogP contribution < -0.4 is 11.1 Å². The molecule has 0 amide bonds. The van der Waals surface area contributed by atoms with Gasteiger partial charge in [0.25, 0.3) is 0 Å². The summed E-state index contributed by atoms with van der Waals surface area (Å²) in [5.41, 5.74) is 6.02. The van der Waals surface area contributed by atoms with Gasteiger partial charge in [0, 0.05) is 19.1 Å². The number of nitrogens with one attached hydrogen (secondary N) is 1. The standard InChI is InChI=1S/C11H19ClN4O/c1-11(2,3)10-15-8(12)7(13)9(16-10)14-5-6-17-4/h5-6,13H2,1-4H3,(H,14,15,16). The first-order valence-corrected chi connectivity index (χ1v) is 5.80. The molecule has 96 valence electrons. The summed E-state index contributed by atoms with van der Waals surface area (Å²) in [5.74, 6) is 1.23. The molecule has 0 radical (unpaired) electrons. The van der Waals surface area contributed by atoms with Crippen molar-refractivity contribution >= 4 is 23.1 Å². The van der Waals surface area contributed by atoms with E-state index in [1.807, 2.05) is 20.8 Å². The number of nitrogens with two attached hydrogens (primary N) is 1. The van der Waals surface area contributed by atoms with Gasteiger partial charge in [0.05, 0.1) is 6.61 Å². The molecule has 0 unspecified atom stereocenters. The molecule has 1 aromatic heterocycles. The molecule has 1 heterocycles. The molecule has 0 aromatic carbocycles. The molecule has 17 heavy (non-hydrogen) atoms. The lowest BCUT2D eigenvalue weighted by Gasteiger charge is -2.19. The van der Waals surface area contributed by atoms with E-state index in [1.165, 1.54) is 0 Å². The quantitative estimate of drug-likeness (QED) is 0.639. The van der Waals surface area contributed by atoms with E-state index >= 15 is 0 Å². The van der Waals surface area contributed by atoms with Crippen molar-refractivity contribution in [1.82, 2.24) is 9.97 Å². The van der Waals surface area contributed by atoms with Crippen LogP contribution in [0.15, 0.2) is 0 Å². The maximum Gasteiger partial charge on any atom is 0.157 e. The molecule has 0 spiro atoms. The Morgan fingerprint density at radius 2 is 2.00 bits per heavy atom. The summed E-state index contributed by atoms with van der Waals surface area (Å²) < 4.78 is 4.95. The lowest BCUT2D eigenvalue weighted by molar-refractivity contribution is 0.210. The summed E-state index contributed by atoms with van der Waals surface area (Å²) >= 11 is 5.99. The van der Waals surface area contributed by atoms with Gasteiger partial charge in [-0.15, -0.1) is 0 Å². The second-order valence-corrected chi connectivity index (χ2v) is 5.13. The van der Waals surface area contributed by atoms with E-state index in [0.717, 1.165) is 0 Å². The Kier molecular flexibility index (Phi) is 4.54. The van der Waals surface area contributed by atoms with Crippen molar-refractivity contribution in [1.29, 1.82) is 0 Å². The zero-order chi connectivity index (χ0) is 13.1. The number of hydrogen-bond acceptors (Lipinski definition) is 5. The summed E-state index contributed by atoms with van der Waals surface area (Å²) in [7, 11) is 1.64. The van der Waals surface area contributed by atoms with Crippen molar-refractivity contribution in [2.24, 2.45) is 0 Å². The summed E-state index contributed by atoms with van der Waals surface area (Å²) in [5, 5.41) is 3.36. The fraction of sp³-hybridized carbons (Fsp3) is 0.636. The molecular formula is C11H19ClN4O. The summed E-state index contributed by atoms with van der Waals surface area (Å²) in [6.45, 7) is 7.26. The molecule has 0 bridgehead atoms. The average molecular weight is 259 g/mol. The number of aromatic nitrogens is 2. The van der Waals surface area contributed by atoms with E-state index < -0.39 is 0 Å². The smallest absolute Gasteiger partial charge is 0.157 e. The van der Waals surface area contributed by atoms with E-state index in [9.17, 15) is 0 Å². The van der Waals surface area contributed by atoms with E-state index in [1.54, 1.807) is 7.11 Å². The van der Waals surface area contributed by atoms with Crippen LogP contribution in [0.2, 0.25) is 5.15 Å². The van der Waals surface area contributed by atoms with Gasteiger partial charge >= 0.3 is 0 Å². The minimum Gasteiger partial charge on any atom is -0.393 e. The van der Waals surface area contributed by atoms with Crippen molar-refractivity contribution in [3.05, 3.63) is 11.0 Å². The highest BCUT2D eigenvalue weighted by molar-refractivity contribution is 6.32. The van der Waals surface area contributed by atoms with Crippen LogP contribution in [0.5, 0.6) is 0 Å². The molecule has 1 aromatic rings. The number of rotatable bonds is 4. The van der Waals surface area contributed by atoms with Crippen molar-refractivity contribution < 1.29 is 4.74 Å². The summed E-state index contributed by atoms with van der Waals surface area (Å²) in [6, 6.07) is 0. The predicted molar refractivity (Wildman–Crippen MR) is 70.5 cm³/mol. The van der Waals surface area contributed by atoms with Crippen LogP contribution in [0.1, 0.15) is 26.6 Å². The molecule has 0 fully saturated rings. The molecule has 0 aliphatic rings. The molecule has 1 rings (SSSR count). The highest BCUT2D eigenvalue weighted by Gasteiger charge is 2.20. The van der Waals surface area contributed by atoms with Crippen molar-refractivity contribution in [2.45, 2.75) is 26.2 Å². The molecular weight excluding hydrogens is 240 g/mol. The lowest BCUT2D eigenvalue weighted by Crippen LogP contribution is -2.19. The number of halogens is 1. The Labute approximate surface area is 107 Å². The van der Waals surface area contributed by atoms with Crippen molar-refractivity contribution in [3.8, 4) is 0 Å². The predicted octanol–water partition coefficient (Wildman–Crippen LogP) is 2.07. The van der Waals surface area contributed by atoms with Crippen LogP contribution in [-0.4, -0.2) is 30.2 Å². The van der Waals surface area contributed by atoms with Crippen LogP contribution in [0.25, 0.3) is 0 Å². The second kappa shape index (κ2) is 5.51. The average Bonchev–Trinajstić information content (AvgIpc) is 2.22. The number of methoxy groups -OCH3 is 1. The highest BCUT2D eigenvalue weighted by Crippen LogP contribution is 2.28. The minimum atomic E-state index is -0.172. The summed E-state index contributed by atoms with van der Waals surface area (Å²) in [4.78, 5) is 8.58. The van der Waals surface area contributed by atoms with Crippen LogP contribution in [0.3, 0.4) is 0 Å². The van der Waals surface area contributed by atoms with Crippen LogP contribution in [-0.2, 0) is 10.2 Å². The van der Waals surface area contributed by atoms with Gasteiger partial charge in [0.2, 0.25) is 0 Å². The molecule has 0 atom stereocenters. The third kappa shape index (κ3) is 3.71. The Hall–Kier alpha value is -1.07. The normalized spacial score (nSPS) is 11.6. The van der Waals surface area contributed by atoms with Gasteiger partial charge in [-0.25, -0.2) is 9.97 Å². The highest BCUT2D eigenvalue weighted by atomic mass is 35.5. The Morgan fingerprint density at radius 1 is 1.35 bits per heavy atom. The SMILES string of the molecule is COCCNc1nc(C(C)(C)C)nc(Cl)c1N. The first-order valence-electron chi connectivity index (χ1n) is 5.42. The van der Waals surface area contributed by atoms with Gasteiger partial charge in [-0.3, -0.25) is 0 Å². The first-order chi connectivity index (χ1) is 7.86. The number of ether oxygens (including phenoxy) is 1. The Bertz CT molecular complexity index is 390. The number of anilines is 2. The Morgan fingerprint density at radius 3 is 2.53 bits per heavy atom. The maximum atomic E-state index is 5.99. The third-order valence-corrected chi connectivity index (χ3v) is 2.46. The number of nitrogens with zero attached hydrogens (tertiary/aromatic N) is 2. The molecule has 0 saturated heterocycles. The number of hydrogen-bond donors (Lipinski definition) is 2. The molecule has 0 aliphatic carbocycles.